The van der Waals surface area contributed by atoms with Crippen molar-refractivity contribution in [2.24, 2.45) is 0 Å². The molecule has 0 aliphatic rings. The van der Waals surface area contributed by atoms with Crippen LogP contribution in [-0.2, 0) is 19.5 Å². The molecule has 2 aromatic carbocycles. The number of rotatable bonds is 1. The summed E-state index contributed by atoms with van der Waals surface area (Å²) < 4.78 is 0. The molecule has 0 radical (unpaired) electrons. The molecule has 0 aliphatic carbocycles. The first-order valence-corrected chi connectivity index (χ1v) is 5.59. The zero-order chi connectivity index (χ0) is 11.8. The van der Waals surface area contributed by atoms with E-state index in [2.05, 4.69) is 45.0 Å². The van der Waals surface area contributed by atoms with Gasteiger partial charge in [0.05, 0.1) is 0 Å². The van der Waals surface area contributed by atoms with E-state index in [1.165, 1.54) is 11.1 Å². The topological polar surface area (TPSA) is 0 Å². The maximum atomic E-state index is 2.99. The summed E-state index contributed by atoms with van der Waals surface area (Å²) in [6.45, 7) is 6.44. The predicted octanol–water partition coefficient (Wildman–Crippen LogP) is 4.40. The molecule has 0 bridgehead atoms. The van der Waals surface area contributed by atoms with Crippen molar-refractivity contribution in [1.29, 1.82) is 0 Å². The largest absolute Gasteiger partial charge is 2.00 e. The van der Waals surface area contributed by atoms with Crippen LogP contribution in [-0.4, -0.2) is 0 Å². The minimum atomic E-state index is 0. The molecule has 0 N–H and O–H groups in total. The maximum absolute atomic E-state index is 2.99. The van der Waals surface area contributed by atoms with Gasteiger partial charge in [0, 0.05) is 0 Å². The van der Waals surface area contributed by atoms with E-state index in [1.807, 2.05) is 36.4 Å². The van der Waals surface area contributed by atoms with Crippen LogP contribution in [0.1, 0.15) is 30.9 Å². The molecule has 0 saturated heterocycles. The molecule has 0 unspecified atom stereocenters. The summed E-state index contributed by atoms with van der Waals surface area (Å²) in [5.74, 6) is 0.639. The molecule has 0 heterocycles. The Kier molecular flexibility index (Phi) is 8.63. The first-order valence-electron chi connectivity index (χ1n) is 5.59. The van der Waals surface area contributed by atoms with E-state index < -0.39 is 0 Å². The van der Waals surface area contributed by atoms with Gasteiger partial charge in [-0.05, 0) is 5.92 Å². The first-order chi connectivity index (χ1) is 7.70. The van der Waals surface area contributed by atoms with Crippen molar-refractivity contribution in [1.82, 2.24) is 0 Å². The van der Waals surface area contributed by atoms with Gasteiger partial charge in [0.15, 0.2) is 0 Å². The Bertz CT molecular complexity index is 379. The molecule has 0 fully saturated rings. The molecule has 90 valence electrons. The van der Waals surface area contributed by atoms with Gasteiger partial charge in [-0.25, -0.2) is 0 Å². The molecular weight excluding hydrogens is 293 g/mol. The Morgan fingerprint density at radius 1 is 0.824 bits per heavy atom. The van der Waals surface area contributed by atoms with Crippen molar-refractivity contribution in [2.75, 3.05) is 0 Å². The van der Waals surface area contributed by atoms with Crippen molar-refractivity contribution in [3.8, 4) is 0 Å². The Morgan fingerprint density at radius 3 is 1.47 bits per heavy atom. The monoisotopic (exact) mass is 312 g/mol. The van der Waals surface area contributed by atoms with Crippen LogP contribution in [0.2, 0.25) is 0 Å². The summed E-state index contributed by atoms with van der Waals surface area (Å²) >= 11 is 0. The third kappa shape index (κ3) is 7.07. The summed E-state index contributed by atoms with van der Waals surface area (Å²) in [5.41, 5.74) is 2.67. The molecule has 0 saturated carbocycles. The molecule has 1 heteroatoms. The summed E-state index contributed by atoms with van der Waals surface area (Å²) in [4.78, 5) is 0. The normalized spacial score (nSPS) is 8.94. The van der Waals surface area contributed by atoms with E-state index in [-0.39, 0.29) is 19.5 Å². The smallest absolute Gasteiger partial charge is 0.184 e. The van der Waals surface area contributed by atoms with Crippen LogP contribution in [0.15, 0.2) is 48.5 Å². The van der Waals surface area contributed by atoms with Crippen molar-refractivity contribution < 1.29 is 19.5 Å². The van der Waals surface area contributed by atoms with E-state index in [1.54, 1.807) is 0 Å². The van der Waals surface area contributed by atoms with Gasteiger partial charge in [0.1, 0.15) is 0 Å². The van der Waals surface area contributed by atoms with E-state index in [4.69, 9.17) is 0 Å². The van der Waals surface area contributed by atoms with Gasteiger partial charge in [-0.3, -0.25) is 0 Å². The number of hydrogen-bond donors (Lipinski definition) is 0. The van der Waals surface area contributed by atoms with Gasteiger partial charge < -0.3 is 0 Å². The summed E-state index contributed by atoms with van der Waals surface area (Å²) in [6.07, 6.45) is 0. The molecule has 0 atom stereocenters. The van der Waals surface area contributed by atoms with E-state index in [9.17, 15) is 0 Å². The van der Waals surface area contributed by atoms with Crippen molar-refractivity contribution in [2.45, 2.75) is 26.7 Å². The molecule has 2 aromatic rings. The van der Waals surface area contributed by atoms with Crippen molar-refractivity contribution in [3.05, 3.63) is 71.8 Å². The quantitative estimate of drug-likeness (QED) is 0.541. The van der Waals surface area contributed by atoms with Crippen LogP contribution >= 0.6 is 0 Å². The molecule has 0 nitrogen and oxygen atoms in total. The standard InChI is InChI=1S/C9H11.C7H7.Ru/c1-8(2)9-6-4-3-5-7-9;1-7-5-3-2-4-6-7;/h4-8H,1-2H3;3-6H,1H3;/q2*-1;+2. The van der Waals surface area contributed by atoms with Gasteiger partial charge in [0.2, 0.25) is 0 Å². The Hall–Kier alpha value is -0.937. The van der Waals surface area contributed by atoms with Crippen LogP contribution in [0.5, 0.6) is 0 Å². The van der Waals surface area contributed by atoms with Gasteiger partial charge in [-0.1, -0.05) is 20.8 Å². The molecule has 0 aliphatic heterocycles. The fourth-order valence-corrected chi connectivity index (χ4v) is 1.25. The van der Waals surface area contributed by atoms with Gasteiger partial charge in [-0.15, -0.1) is 0 Å². The maximum Gasteiger partial charge on any atom is 2.00 e. The van der Waals surface area contributed by atoms with Crippen LogP contribution in [0.25, 0.3) is 0 Å². The van der Waals surface area contributed by atoms with E-state index >= 15 is 0 Å². The fourth-order valence-electron chi connectivity index (χ4n) is 1.25. The van der Waals surface area contributed by atoms with E-state index in [0.717, 1.165) is 0 Å². The first kappa shape index (κ1) is 16.1. The summed E-state index contributed by atoms with van der Waals surface area (Å²) in [7, 11) is 0. The molecular formula is C16H18Ru. The van der Waals surface area contributed by atoms with Gasteiger partial charge in [-0.2, -0.15) is 71.8 Å². The third-order valence-electron chi connectivity index (χ3n) is 2.30. The van der Waals surface area contributed by atoms with Crippen LogP contribution < -0.4 is 0 Å². The van der Waals surface area contributed by atoms with Gasteiger partial charge in [0.25, 0.3) is 0 Å². The Balaban J connectivity index is 0.000000292. The fraction of sp³-hybridized carbons (Fsp3) is 0.250. The van der Waals surface area contributed by atoms with Crippen LogP contribution in [0, 0.1) is 19.1 Å². The number of hydrogen-bond acceptors (Lipinski definition) is 0. The predicted molar refractivity (Wildman–Crippen MR) is 69.4 cm³/mol. The minimum Gasteiger partial charge on any atom is -0.184 e. The zero-order valence-electron chi connectivity index (χ0n) is 10.5. The third-order valence-corrected chi connectivity index (χ3v) is 2.30. The average Bonchev–Trinajstić information content (AvgIpc) is 2.32. The molecule has 0 amide bonds. The van der Waals surface area contributed by atoms with Crippen LogP contribution in [0.3, 0.4) is 0 Å². The molecule has 17 heavy (non-hydrogen) atoms. The second kappa shape index (κ2) is 9.13. The Labute approximate surface area is 118 Å². The van der Waals surface area contributed by atoms with Crippen molar-refractivity contribution in [3.63, 3.8) is 0 Å². The molecule has 2 rings (SSSR count). The Morgan fingerprint density at radius 2 is 1.24 bits per heavy atom. The summed E-state index contributed by atoms with van der Waals surface area (Å²) in [6, 6.07) is 21.9. The minimum absolute atomic E-state index is 0. The molecule has 0 aromatic heterocycles. The number of benzene rings is 2. The average molecular weight is 311 g/mol. The van der Waals surface area contributed by atoms with Crippen LogP contribution in [0.4, 0.5) is 0 Å². The summed E-state index contributed by atoms with van der Waals surface area (Å²) in [5, 5.41) is 0. The molecule has 0 spiro atoms. The second-order valence-electron chi connectivity index (χ2n) is 4.07. The van der Waals surface area contributed by atoms with Crippen molar-refractivity contribution >= 4 is 0 Å². The van der Waals surface area contributed by atoms with E-state index in [0.29, 0.717) is 5.92 Å². The van der Waals surface area contributed by atoms with Gasteiger partial charge >= 0.3 is 19.5 Å². The SMILES string of the molecule is CC(C)c1cc[c-]cc1.Cc1cc[c-]cc1.[Ru+2]. The second-order valence-corrected chi connectivity index (χ2v) is 4.07. The zero-order valence-corrected chi connectivity index (χ0v) is 12.3. The number of aryl methyl sites for hydroxylation is 1.